The number of nitrogens with zero attached hydrogens (tertiary/aromatic N) is 1. The first-order valence-corrected chi connectivity index (χ1v) is 8.72. The average Bonchev–Trinajstić information content (AvgIpc) is 3.22. The Morgan fingerprint density at radius 1 is 1.24 bits per heavy atom. The van der Waals surface area contributed by atoms with Gasteiger partial charge in [-0.1, -0.05) is 6.08 Å². The Morgan fingerprint density at radius 2 is 1.96 bits per heavy atom. The van der Waals surface area contributed by atoms with Crippen molar-refractivity contribution in [2.75, 3.05) is 20.8 Å². The summed E-state index contributed by atoms with van der Waals surface area (Å²) in [5.74, 6) is 1.33. The fourth-order valence-corrected chi connectivity index (χ4v) is 3.55. The van der Waals surface area contributed by atoms with Crippen molar-refractivity contribution in [2.24, 2.45) is 0 Å². The second-order valence-electron chi connectivity index (χ2n) is 5.51. The number of hydrogen-bond donors (Lipinski definition) is 1. The molecule has 0 unspecified atom stereocenters. The van der Waals surface area contributed by atoms with Gasteiger partial charge in [-0.2, -0.15) is 0 Å². The van der Waals surface area contributed by atoms with Crippen LogP contribution in [0, 0.1) is 0 Å². The van der Waals surface area contributed by atoms with Gasteiger partial charge in [0, 0.05) is 19.2 Å². The summed E-state index contributed by atoms with van der Waals surface area (Å²) in [6, 6.07) is 9.69. The average molecular weight is 356 g/mol. The number of carbonyl (C=O) groups excluding carboxylic acids is 1. The molecule has 5 nitrogen and oxygen atoms in total. The van der Waals surface area contributed by atoms with Crippen molar-refractivity contribution in [3.63, 3.8) is 0 Å². The minimum atomic E-state index is -0.113. The highest BCUT2D eigenvalue weighted by Crippen LogP contribution is 2.28. The smallest absolute Gasteiger partial charge is 0.268 e. The summed E-state index contributed by atoms with van der Waals surface area (Å²) in [6.45, 7) is 4.62. The van der Waals surface area contributed by atoms with Crippen molar-refractivity contribution in [1.29, 1.82) is 0 Å². The minimum Gasteiger partial charge on any atom is -0.497 e. The van der Waals surface area contributed by atoms with E-state index in [1.807, 2.05) is 40.3 Å². The maximum atomic E-state index is 12.5. The normalized spacial score (nSPS) is 10.6. The van der Waals surface area contributed by atoms with Crippen LogP contribution < -0.4 is 14.8 Å². The van der Waals surface area contributed by atoms with Crippen molar-refractivity contribution in [2.45, 2.75) is 6.54 Å². The molecule has 2 heterocycles. The molecule has 2 aromatic heterocycles. The van der Waals surface area contributed by atoms with Gasteiger partial charge in [0.25, 0.3) is 5.91 Å². The van der Waals surface area contributed by atoms with E-state index in [0.29, 0.717) is 18.8 Å². The first kappa shape index (κ1) is 17.1. The number of amides is 1. The van der Waals surface area contributed by atoms with Crippen molar-refractivity contribution < 1.29 is 14.3 Å². The van der Waals surface area contributed by atoms with Crippen molar-refractivity contribution in [3.05, 3.63) is 59.6 Å². The molecule has 0 atom stereocenters. The van der Waals surface area contributed by atoms with E-state index in [0.717, 1.165) is 27.3 Å². The quantitative estimate of drug-likeness (QED) is 0.657. The van der Waals surface area contributed by atoms with Gasteiger partial charge in [0.2, 0.25) is 0 Å². The van der Waals surface area contributed by atoms with E-state index in [-0.39, 0.29) is 5.91 Å². The fourth-order valence-electron chi connectivity index (χ4n) is 2.73. The number of benzene rings is 1. The Bertz CT molecular complexity index is 888. The van der Waals surface area contributed by atoms with E-state index < -0.39 is 0 Å². The summed E-state index contributed by atoms with van der Waals surface area (Å²) in [5.41, 5.74) is 2.67. The van der Waals surface area contributed by atoms with Gasteiger partial charge < -0.3 is 19.4 Å². The van der Waals surface area contributed by atoms with Gasteiger partial charge in [-0.25, -0.2) is 0 Å². The van der Waals surface area contributed by atoms with Crippen molar-refractivity contribution in [1.82, 2.24) is 9.88 Å². The van der Waals surface area contributed by atoms with Gasteiger partial charge in [0.05, 0.1) is 24.4 Å². The summed E-state index contributed by atoms with van der Waals surface area (Å²) < 4.78 is 13.8. The molecule has 0 saturated carbocycles. The molecule has 0 saturated heterocycles. The number of fused-ring (bicyclic) bond motifs is 1. The van der Waals surface area contributed by atoms with Crippen LogP contribution in [0.5, 0.6) is 11.5 Å². The van der Waals surface area contributed by atoms with Crippen LogP contribution in [0.15, 0.2) is 48.4 Å². The fraction of sp³-hybridized carbons (Fsp3) is 0.211. The van der Waals surface area contributed by atoms with Gasteiger partial charge in [0.1, 0.15) is 17.2 Å². The molecule has 1 N–H and O–H groups in total. The highest BCUT2D eigenvalue weighted by molar-refractivity contribution is 7.17. The molecule has 3 rings (SSSR count). The van der Waals surface area contributed by atoms with E-state index in [4.69, 9.17) is 9.47 Å². The molecular formula is C19H20N2O3S. The Balaban J connectivity index is 2.01. The van der Waals surface area contributed by atoms with Crippen LogP contribution in [0.25, 0.3) is 10.2 Å². The zero-order chi connectivity index (χ0) is 17.8. The molecule has 130 valence electrons. The maximum Gasteiger partial charge on any atom is 0.268 e. The largest absolute Gasteiger partial charge is 0.497 e. The topological polar surface area (TPSA) is 52.5 Å². The third kappa shape index (κ3) is 3.53. The molecule has 1 aromatic carbocycles. The van der Waals surface area contributed by atoms with Crippen molar-refractivity contribution >= 4 is 27.5 Å². The summed E-state index contributed by atoms with van der Waals surface area (Å²) in [7, 11) is 3.25. The molecule has 0 fully saturated rings. The summed E-state index contributed by atoms with van der Waals surface area (Å²) in [6.07, 6.45) is 1.67. The summed E-state index contributed by atoms with van der Waals surface area (Å²) >= 11 is 1.62. The first-order chi connectivity index (χ1) is 12.2. The number of thiophene rings is 1. The van der Waals surface area contributed by atoms with Crippen LogP contribution in [0.2, 0.25) is 0 Å². The molecule has 0 bridgehead atoms. The maximum absolute atomic E-state index is 12.5. The predicted molar refractivity (Wildman–Crippen MR) is 101 cm³/mol. The third-order valence-corrected chi connectivity index (χ3v) is 4.77. The molecular weight excluding hydrogens is 336 g/mol. The summed E-state index contributed by atoms with van der Waals surface area (Å²) in [4.78, 5) is 12.5. The van der Waals surface area contributed by atoms with E-state index in [9.17, 15) is 4.79 Å². The number of methoxy groups -OCH3 is 2. The minimum absolute atomic E-state index is 0.113. The Morgan fingerprint density at radius 3 is 2.60 bits per heavy atom. The Labute approximate surface area is 150 Å². The second kappa shape index (κ2) is 7.44. The van der Waals surface area contributed by atoms with Gasteiger partial charge in [0.15, 0.2) is 0 Å². The first-order valence-electron chi connectivity index (χ1n) is 7.84. The lowest BCUT2D eigenvalue weighted by atomic mass is 10.2. The Hall–Kier alpha value is -2.73. The van der Waals surface area contributed by atoms with Crippen LogP contribution in [0.4, 0.5) is 0 Å². The van der Waals surface area contributed by atoms with Crippen LogP contribution in [0.1, 0.15) is 16.1 Å². The van der Waals surface area contributed by atoms with Gasteiger partial charge >= 0.3 is 0 Å². The molecule has 0 aliphatic heterocycles. The standard InChI is InChI=1S/C19H20N2O3S/c1-4-6-20-19(22)17-11-18-16(5-7-25-18)21(17)12-13-8-14(23-2)10-15(9-13)24-3/h4-5,7-11H,1,6,12H2,2-3H3,(H,20,22). The number of aromatic nitrogens is 1. The second-order valence-corrected chi connectivity index (χ2v) is 6.45. The van der Waals surface area contributed by atoms with E-state index in [2.05, 4.69) is 11.9 Å². The number of carbonyl (C=O) groups is 1. The molecule has 0 aliphatic carbocycles. The van der Waals surface area contributed by atoms with E-state index in [1.54, 1.807) is 31.6 Å². The van der Waals surface area contributed by atoms with Gasteiger partial charge in [-0.3, -0.25) is 4.79 Å². The molecule has 1 amide bonds. The monoisotopic (exact) mass is 356 g/mol. The zero-order valence-electron chi connectivity index (χ0n) is 14.2. The molecule has 0 spiro atoms. The lowest BCUT2D eigenvalue weighted by Gasteiger charge is -2.13. The summed E-state index contributed by atoms with van der Waals surface area (Å²) in [5, 5.41) is 4.87. The van der Waals surface area contributed by atoms with Crippen molar-refractivity contribution in [3.8, 4) is 11.5 Å². The van der Waals surface area contributed by atoms with Crippen LogP contribution in [-0.2, 0) is 6.54 Å². The van der Waals surface area contributed by atoms with Crippen LogP contribution in [0.3, 0.4) is 0 Å². The third-order valence-electron chi connectivity index (χ3n) is 3.91. The number of nitrogens with one attached hydrogen (secondary N) is 1. The van der Waals surface area contributed by atoms with E-state index in [1.165, 1.54) is 0 Å². The van der Waals surface area contributed by atoms with Gasteiger partial charge in [-0.15, -0.1) is 17.9 Å². The molecule has 3 aromatic rings. The predicted octanol–water partition coefficient (Wildman–Crippen LogP) is 3.68. The number of hydrogen-bond acceptors (Lipinski definition) is 4. The SMILES string of the molecule is C=CCNC(=O)c1cc2sccc2n1Cc1cc(OC)cc(OC)c1. The van der Waals surface area contributed by atoms with E-state index >= 15 is 0 Å². The molecule has 0 radical (unpaired) electrons. The molecule has 0 aliphatic rings. The lowest BCUT2D eigenvalue weighted by Crippen LogP contribution is -2.26. The van der Waals surface area contributed by atoms with Crippen LogP contribution >= 0.6 is 11.3 Å². The lowest BCUT2D eigenvalue weighted by molar-refractivity contribution is 0.0949. The number of ether oxygens (including phenoxy) is 2. The highest BCUT2D eigenvalue weighted by atomic mass is 32.1. The molecule has 25 heavy (non-hydrogen) atoms. The van der Waals surface area contributed by atoms with Gasteiger partial charge in [-0.05, 0) is 35.2 Å². The zero-order valence-corrected chi connectivity index (χ0v) is 15.1. The highest BCUT2D eigenvalue weighted by Gasteiger charge is 2.16. The molecule has 6 heteroatoms. The Kier molecular flexibility index (Phi) is 5.09. The number of rotatable bonds is 7. The van der Waals surface area contributed by atoms with Crippen LogP contribution in [-0.4, -0.2) is 31.2 Å².